The van der Waals surface area contributed by atoms with Crippen LogP contribution in [0, 0.1) is 0 Å². The summed E-state index contributed by atoms with van der Waals surface area (Å²) in [5.74, 6) is 1.81. The smallest absolute Gasteiger partial charge is 0.338 e. The first kappa shape index (κ1) is 21.7. The number of anilines is 2. The van der Waals surface area contributed by atoms with E-state index in [-0.39, 0.29) is 5.97 Å². The minimum absolute atomic E-state index is 0.319. The topological polar surface area (TPSA) is 60.9 Å². The summed E-state index contributed by atoms with van der Waals surface area (Å²) < 4.78 is 16.2. The molecule has 0 spiro atoms. The number of aromatic nitrogens is 1. The van der Waals surface area contributed by atoms with Gasteiger partial charge in [-0.25, -0.2) is 4.79 Å². The molecule has 2 heterocycles. The van der Waals surface area contributed by atoms with E-state index in [4.69, 9.17) is 14.2 Å². The molecule has 6 nitrogen and oxygen atoms in total. The monoisotopic (exact) mass is 432 g/mol. The maximum absolute atomic E-state index is 12.1. The van der Waals surface area contributed by atoms with Crippen molar-refractivity contribution in [2.75, 3.05) is 32.8 Å². The number of carbonyl (C=O) groups excluding carboxylic acids is 1. The van der Waals surface area contributed by atoms with Crippen molar-refractivity contribution < 1.29 is 19.0 Å². The van der Waals surface area contributed by atoms with E-state index in [0.29, 0.717) is 18.1 Å². The molecule has 0 amide bonds. The van der Waals surface area contributed by atoms with Crippen molar-refractivity contribution in [2.45, 2.75) is 25.2 Å². The number of ether oxygens (including phenoxy) is 3. The molecule has 4 rings (SSSR count). The summed E-state index contributed by atoms with van der Waals surface area (Å²) in [6.45, 7) is 0.685. The van der Waals surface area contributed by atoms with Crippen LogP contribution in [0.25, 0.3) is 0 Å². The number of hydrogen-bond donors (Lipinski definition) is 0. The van der Waals surface area contributed by atoms with Gasteiger partial charge in [0.05, 0.1) is 26.4 Å². The van der Waals surface area contributed by atoms with E-state index in [1.807, 2.05) is 31.3 Å². The zero-order valence-corrected chi connectivity index (χ0v) is 18.7. The van der Waals surface area contributed by atoms with Crippen LogP contribution < -0.4 is 14.4 Å². The van der Waals surface area contributed by atoms with E-state index in [2.05, 4.69) is 28.1 Å². The minimum atomic E-state index is -0.319. The molecule has 32 heavy (non-hydrogen) atoms. The second-order valence-electron chi connectivity index (χ2n) is 7.88. The quantitative estimate of drug-likeness (QED) is 0.482. The first-order chi connectivity index (χ1) is 15.6. The predicted octanol–water partition coefficient (Wildman–Crippen LogP) is 5.14. The standard InChI is InChI=1S/C26H28N2O4/c1-28(20-6-9-22(30-2)10-7-20)21-8-11-23-18(13-15-32-25(23)16-21)4-5-19-17-27-14-12-24(19)26(29)31-3/h6-12,14,16-18H,4-5,13,15H2,1-3H3/t18-/m1/s1. The fourth-order valence-corrected chi connectivity index (χ4v) is 4.18. The second kappa shape index (κ2) is 9.73. The molecule has 1 atom stereocenters. The molecule has 0 saturated carbocycles. The Balaban J connectivity index is 1.50. The molecule has 0 fully saturated rings. The third-order valence-electron chi connectivity index (χ3n) is 6.08. The Morgan fingerprint density at radius 3 is 2.66 bits per heavy atom. The van der Waals surface area contributed by atoms with Crippen LogP contribution in [0.4, 0.5) is 11.4 Å². The van der Waals surface area contributed by atoms with Crippen LogP contribution in [-0.2, 0) is 11.2 Å². The van der Waals surface area contributed by atoms with Gasteiger partial charge in [-0.1, -0.05) is 6.07 Å². The highest BCUT2D eigenvalue weighted by Crippen LogP contribution is 2.40. The number of nitrogens with zero attached hydrogens (tertiary/aromatic N) is 2. The maximum Gasteiger partial charge on any atom is 0.338 e. The molecule has 166 valence electrons. The molecule has 1 aromatic heterocycles. The number of hydrogen-bond acceptors (Lipinski definition) is 6. The summed E-state index contributed by atoms with van der Waals surface area (Å²) >= 11 is 0. The van der Waals surface area contributed by atoms with Crippen molar-refractivity contribution in [3.8, 4) is 11.5 Å². The van der Waals surface area contributed by atoms with Gasteiger partial charge in [-0.3, -0.25) is 4.98 Å². The van der Waals surface area contributed by atoms with E-state index in [9.17, 15) is 4.79 Å². The molecule has 1 aliphatic rings. The van der Waals surface area contributed by atoms with E-state index < -0.39 is 0 Å². The highest BCUT2D eigenvalue weighted by atomic mass is 16.5. The van der Waals surface area contributed by atoms with E-state index in [1.54, 1.807) is 25.6 Å². The lowest BCUT2D eigenvalue weighted by molar-refractivity contribution is 0.0599. The van der Waals surface area contributed by atoms with Crippen LogP contribution >= 0.6 is 0 Å². The van der Waals surface area contributed by atoms with E-state index >= 15 is 0 Å². The third kappa shape index (κ3) is 4.54. The molecular formula is C26H28N2O4. The van der Waals surface area contributed by atoms with E-state index in [1.165, 1.54) is 12.7 Å². The Hall–Kier alpha value is -3.54. The molecule has 0 N–H and O–H groups in total. The molecule has 6 heteroatoms. The fourth-order valence-electron chi connectivity index (χ4n) is 4.18. The van der Waals surface area contributed by atoms with Gasteiger partial charge < -0.3 is 19.1 Å². The van der Waals surface area contributed by atoms with Crippen LogP contribution in [0.3, 0.4) is 0 Å². The molecule has 0 unspecified atom stereocenters. The number of methoxy groups -OCH3 is 2. The fraction of sp³-hybridized carbons (Fsp3) is 0.308. The van der Waals surface area contributed by atoms with Crippen LogP contribution in [0.15, 0.2) is 60.9 Å². The molecule has 0 bridgehead atoms. The number of carbonyl (C=O) groups is 1. The molecule has 3 aromatic rings. The second-order valence-corrected chi connectivity index (χ2v) is 7.88. The summed E-state index contributed by atoms with van der Waals surface area (Å²) in [5.41, 5.74) is 4.86. The van der Waals surface area contributed by atoms with Crippen molar-refractivity contribution >= 4 is 17.3 Å². The first-order valence-electron chi connectivity index (χ1n) is 10.8. The van der Waals surface area contributed by atoms with Gasteiger partial charge in [-0.15, -0.1) is 0 Å². The largest absolute Gasteiger partial charge is 0.497 e. The Labute approximate surface area is 188 Å². The van der Waals surface area contributed by atoms with Gasteiger partial charge in [0.2, 0.25) is 0 Å². The molecular weight excluding hydrogens is 404 g/mol. The normalized spacial score (nSPS) is 14.8. The molecule has 1 aliphatic heterocycles. The minimum Gasteiger partial charge on any atom is -0.497 e. The Bertz CT molecular complexity index is 1080. The van der Waals surface area contributed by atoms with Crippen molar-refractivity contribution in [3.63, 3.8) is 0 Å². The van der Waals surface area contributed by atoms with Gasteiger partial charge in [0, 0.05) is 36.9 Å². The number of aryl methyl sites for hydroxylation is 1. The van der Waals surface area contributed by atoms with Crippen LogP contribution in [0.5, 0.6) is 11.5 Å². The number of fused-ring (bicyclic) bond motifs is 1. The van der Waals surface area contributed by atoms with Crippen molar-refractivity contribution in [2.24, 2.45) is 0 Å². The molecule has 2 aromatic carbocycles. The number of benzene rings is 2. The highest BCUT2D eigenvalue weighted by molar-refractivity contribution is 5.90. The van der Waals surface area contributed by atoms with Gasteiger partial charge in [-0.05, 0) is 72.7 Å². The zero-order chi connectivity index (χ0) is 22.5. The summed E-state index contributed by atoms with van der Waals surface area (Å²) in [6, 6.07) is 16.1. The first-order valence-corrected chi connectivity index (χ1v) is 10.8. The third-order valence-corrected chi connectivity index (χ3v) is 6.08. The van der Waals surface area contributed by atoms with Gasteiger partial charge >= 0.3 is 5.97 Å². The SMILES string of the molecule is COC(=O)c1ccncc1CC[C@@H]1CCOc2cc(N(C)c3ccc(OC)cc3)ccc21. The van der Waals surface area contributed by atoms with Crippen LogP contribution in [0.1, 0.15) is 40.2 Å². The van der Waals surface area contributed by atoms with Gasteiger partial charge in [0.1, 0.15) is 11.5 Å². The average molecular weight is 433 g/mol. The summed E-state index contributed by atoms with van der Waals surface area (Å²) in [4.78, 5) is 18.4. The molecule has 0 aliphatic carbocycles. The lowest BCUT2D eigenvalue weighted by Crippen LogP contribution is -2.17. The van der Waals surface area contributed by atoms with E-state index in [0.717, 1.165) is 47.7 Å². The van der Waals surface area contributed by atoms with Crippen LogP contribution in [0.2, 0.25) is 0 Å². The average Bonchev–Trinajstić information content (AvgIpc) is 2.86. The number of pyridine rings is 1. The van der Waals surface area contributed by atoms with Gasteiger partial charge in [0.25, 0.3) is 0 Å². The lowest BCUT2D eigenvalue weighted by Gasteiger charge is -2.28. The summed E-state index contributed by atoms with van der Waals surface area (Å²) in [5, 5.41) is 0. The molecule has 0 radical (unpaired) electrons. The maximum atomic E-state index is 12.1. The Kier molecular flexibility index (Phi) is 6.59. The Morgan fingerprint density at radius 2 is 1.91 bits per heavy atom. The number of rotatable bonds is 7. The molecule has 0 saturated heterocycles. The summed E-state index contributed by atoms with van der Waals surface area (Å²) in [6.07, 6.45) is 6.02. The number of esters is 1. The predicted molar refractivity (Wildman–Crippen MR) is 124 cm³/mol. The van der Waals surface area contributed by atoms with Crippen molar-refractivity contribution in [1.29, 1.82) is 0 Å². The van der Waals surface area contributed by atoms with Gasteiger partial charge in [-0.2, -0.15) is 0 Å². The van der Waals surface area contributed by atoms with Crippen LogP contribution in [-0.4, -0.2) is 38.8 Å². The van der Waals surface area contributed by atoms with Gasteiger partial charge in [0.15, 0.2) is 0 Å². The lowest BCUT2D eigenvalue weighted by atomic mass is 9.87. The zero-order valence-electron chi connectivity index (χ0n) is 18.7. The Morgan fingerprint density at radius 1 is 1.12 bits per heavy atom. The highest BCUT2D eigenvalue weighted by Gasteiger charge is 2.23. The summed E-state index contributed by atoms with van der Waals surface area (Å²) in [7, 11) is 5.11. The van der Waals surface area contributed by atoms with Crippen molar-refractivity contribution in [3.05, 3.63) is 77.6 Å². The van der Waals surface area contributed by atoms with Crippen molar-refractivity contribution in [1.82, 2.24) is 4.98 Å².